The van der Waals surface area contributed by atoms with Gasteiger partial charge in [-0.15, -0.1) is 0 Å². The molecule has 1 aliphatic heterocycles. The van der Waals surface area contributed by atoms with Crippen LogP contribution in [0.2, 0.25) is 0 Å². The van der Waals surface area contributed by atoms with Crippen molar-refractivity contribution in [3.63, 3.8) is 0 Å². The van der Waals surface area contributed by atoms with Crippen LogP contribution in [0.25, 0.3) is 16.6 Å². The van der Waals surface area contributed by atoms with Gasteiger partial charge in [-0.05, 0) is 36.3 Å². The fourth-order valence-electron chi connectivity index (χ4n) is 3.52. The lowest BCUT2D eigenvalue weighted by Crippen LogP contribution is -2.35. The molecule has 1 amide bonds. The second kappa shape index (κ2) is 7.15. The highest BCUT2D eigenvalue weighted by atomic mass is 16.5. The molecule has 1 aliphatic rings. The molecule has 0 spiro atoms. The molecule has 27 heavy (non-hydrogen) atoms. The second-order valence-corrected chi connectivity index (χ2v) is 6.37. The SMILES string of the molecule is COc1cccc(OC)c1C(=O)N1CC=C(c2c[nH]c3cccnc23)CC1. The Balaban J connectivity index is 1.60. The monoisotopic (exact) mass is 363 g/mol. The number of hydrogen-bond acceptors (Lipinski definition) is 4. The molecule has 0 atom stereocenters. The van der Waals surface area contributed by atoms with E-state index in [1.165, 1.54) is 5.57 Å². The molecule has 2 aromatic heterocycles. The number of methoxy groups -OCH3 is 2. The molecule has 0 aliphatic carbocycles. The van der Waals surface area contributed by atoms with E-state index in [0.717, 1.165) is 23.0 Å². The van der Waals surface area contributed by atoms with Gasteiger partial charge in [0.2, 0.25) is 0 Å². The largest absolute Gasteiger partial charge is 0.496 e. The second-order valence-electron chi connectivity index (χ2n) is 6.37. The van der Waals surface area contributed by atoms with Crippen molar-refractivity contribution in [1.29, 1.82) is 0 Å². The van der Waals surface area contributed by atoms with Crippen molar-refractivity contribution in [1.82, 2.24) is 14.9 Å². The normalized spacial score (nSPS) is 14.1. The van der Waals surface area contributed by atoms with Gasteiger partial charge in [0.1, 0.15) is 17.1 Å². The third-order valence-electron chi connectivity index (χ3n) is 4.92. The van der Waals surface area contributed by atoms with E-state index in [2.05, 4.69) is 16.0 Å². The Morgan fingerprint density at radius 1 is 1.15 bits per heavy atom. The van der Waals surface area contributed by atoms with Crippen molar-refractivity contribution in [3.05, 3.63) is 59.9 Å². The molecular weight excluding hydrogens is 342 g/mol. The van der Waals surface area contributed by atoms with Gasteiger partial charge in [-0.25, -0.2) is 0 Å². The number of aromatic nitrogens is 2. The number of carbonyl (C=O) groups is 1. The van der Waals surface area contributed by atoms with E-state index in [-0.39, 0.29) is 5.91 Å². The average molecular weight is 363 g/mol. The van der Waals surface area contributed by atoms with Gasteiger partial charge in [0.05, 0.1) is 25.3 Å². The molecule has 4 rings (SSSR count). The Kier molecular flexibility index (Phi) is 4.54. The van der Waals surface area contributed by atoms with Crippen LogP contribution in [-0.2, 0) is 0 Å². The smallest absolute Gasteiger partial charge is 0.261 e. The molecule has 3 aromatic rings. The fourth-order valence-corrected chi connectivity index (χ4v) is 3.52. The van der Waals surface area contributed by atoms with E-state index in [1.54, 1.807) is 32.5 Å². The molecule has 6 nitrogen and oxygen atoms in total. The maximum Gasteiger partial charge on any atom is 0.261 e. The van der Waals surface area contributed by atoms with Gasteiger partial charge in [0.15, 0.2) is 0 Å². The van der Waals surface area contributed by atoms with Crippen LogP contribution < -0.4 is 9.47 Å². The highest BCUT2D eigenvalue weighted by Crippen LogP contribution is 2.32. The summed E-state index contributed by atoms with van der Waals surface area (Å²) in [4.78, 5) is 22.6. The lowest BCUT2D eigenvalue weighted by molar-refractivity contribution is 0.0766. The van der Waals surface area contributed by atoms with E-state index in [1.807, 2.05) is 29.3 Å². The van der Waals surface area contributed by atoms with Gasteiger partial charge in [0, 0.05) is 31.0 Å². The minimum atomic E-state index is -0.0864. The molecule has 6 heteroatoms. The van der Waals surface area contributed by atoms with Gasteiger partial charge in [0.25, 0.3) is 5.91 Å². The minimum absolute atomic E-state index is 0.0864. The van der Waals surface area contributed by atoms with Crippen LogP contribution in [0.1, 0.15) is 22.3 Å². The zero-order valence-corrected chi connectivity index (χ0v) is 15.4. The summed E-state index contributed by atoms with van der Waals surface area (Å²) in [5, 5.41) is 0. The maximum atomic E-state index is 13.1. The van der Waals surface area contributed by atoms with Crippen LogP contribution in [-0.4, -0.2) is 48.1 Å². The minimum Gasteiger partial charge on any atom is -0.496 e. The number of amides is 1. The predicted molar refractivity (Wildman–Crippen MR) is 104 cm³/mol. The molecule has 1 aromatic carbocycles. The lowest BCUT2D eigenvalue weighted by atomic mass is 10.00. The number of hydrogen-bond donors (Lipinski definition) is 1. The maximum absolute atomic E-state index is 13.1. The zero-order chi connectivity index (χ0) is 18.8. The summed E-state index contributed by atoms with van der Waals surface area (Å²) < 4.78 is 10.7. The molecule has 3 heterocycles. The summed E-state index contributed by atoms with van der Waals surface area (Å²) in [6.07, 6.45) is 6.66. The van der Waals surface area contributed by atoms with Crippen molar-refractivity contribution in [2.24, 2.45) is 0 Å². The average Bonchev–Trinajstić information content (AvgIpc) is 3.17. The molecule has 0 saturated carbocycles. The standard InChI is InChI=1S/C21H21N3O3/c1-26-17-6-3-7-18(27-2)19(17)21(25)24-11-8-14(9-12-24)15-13-23-16-5-4-10-22-20(15)16/h3-8,10,13,23H,9,11-12H2,1-2H3. The number of nitrogens with zero attached hydrogens (tertiary/aromatic N) is 2. The Morgan fingerprint density at radius 3 is 2.59 bits per heavy atom. The van der Waals surface area contributed by atoms with E-state index in [0.29, 0.717) is 30.2 Å². The number of rotatable bonds is 4. The number of ether oxygens (including phenoxy) is 2. The number of fused-ring (bicyclic) bond motifs is 1. The number of aromatic amines is 1. The number of H-pyrrole nitrogens is 1. The highest BCUT2D eigenvalue weighted by molar-refractivity contribution is 6.00. The van der Waals surface area contributed by atoms with Crippen LogP contribution in [0.5, 0.6) is 11.5 Å². The van der Waals surface area contributed by atoms with Crippen molar-refractivity contribution in [2.75, 3.05) is 27.3 Å². The van der Waals surface area contributed by atoms with E-state index < -0.39 is 0 Å². The first-order valence-electron chi connectivity index (χ1n) is 8.84. The Morgan fingerprint density at radius 2 is 1.93 bits per heavy atom. The van der Waals surface area contributed by atoms with Crippen LogP contribution in [0.15, 0.2) is 48.8 Å². The molecule has 138 valence electrons. The van der Waals surface area contributed by atoms with Crippen molar-refractivity contribution >= 4 is 22.5 Å². The number of nitrogens with one attached hydrogen (secondary N) is 1. The van der Waals surface area contributed by atoms with Crippen LogP contribution in [0.4, 0.5) is 0 Å². The van der Waals surface area contributed by atoms with Gasteiger partial charge in [-0.1, -0.05) is 12.1 Å². The molecule has 0 fully saturated rings. The van der Waals surface area contributed by atoms with Crippen LogP contribution in [0, 0.1) is 0 Å². The van der Waals surface area contributed by atoms with E-state index in [9.17, 15) is 4.79 Å². The van der Waals surface area contributed by atoms with Crippen LogP contribution >= 0.6 is 0 Å². The van der Waals surface area contributed by atoms with Gasteiger partial charge >= 0.3 is 0 Å². The van der Waals surface area contributed by atoms with E-state index in [4.69, 9.17) is 9.47 Å². The number of pyridine rings is 1. The van der Waals surface area contributed by atoms with Gasteiger partial charge < -0.3 is 19.4 Å². The van der Waals surface area contributed by atoms with Crippen LogP contribution in [0.3, 0.4) is 0 Å². The first-order chi connectivity index (χ1) is 13.2. The number of benzene rings is 1. The van der Waals surface area contributed by atoms with Crippen molar-refractivity contribution in [2.45, 2.75) is 6.42 Å². The number of carbonyl (C=O) groups excluding carboxylic acids is 1. The zero-order valence-electron chi connectivity index (χ0n) is 15.4. The summed E-state index contributed by atoms with van der Waals surface area (Å²) in [5.74, 6) is 0.960. The summed E-state index contributed by atoms with van der Waals surface area (Å²) in [6.45, 7) is 1.17. The summed E-state index contributed by atoms with van der Waals surface area (Å²) in [7, 11) is 3.12. The Bertz CT molecular complexity index is 1000. The van der Waals surface area contributed by atoms with Crippen molar-refractivity contribution in [3.8, 4) is 11.5 Å². The molecule has 0 unspecified atom stereocenters. The molecule has 0 saturated heterocycles. The van der Waals surface area contributed by atoms with Crippen molar-refractivity contribution < 1.29 is 14.3 Å². The first kappa shape index (κ1) is 17.1. The third-order valence-corrected chi connectivity index (χ3v) is 4.92. The highest BCUT2D eigenvalue weighted by Gasteiger charge is 2.26. The summed E-state index contributed by atoms with van der Waals surface area (Å²) in [6, 6.07) is 9.29. The molecule has 0 bridgehead atoms. The predicted octanol–water partition coefficient (Wildman–Crippen LogP) is 3.51. The first-order valence-corrected chi connectivity index (χ1v) is 8.84. The quantitative estimate of drug-likeness (QED) is 0.770. The topological polar surface area (TPSA) is 67.5 Å². The summed E-state index contributed by atoms with van der Waals surface area (Å²) >= 11 is 0. The Labute approximate surface area is 157 Å². The third kappa shape index (κ3) is 3.03. The molecular formula is C21H21N3O3. The summed E-state index contributed by atoms with van der Waals surface area (Å²) in [5.41, 5.74) is 4.76. The lowest BCUT2D eigenvalue weighted by Gasteiger charge is -2.27. The molecule has 1 N–H and O–H groups in total. The van der Waals surface area contributed by atoms with Gasteiger partial charge in [-0.3, -0.25) is 9.78 Å². The Hall–Kier alpha value is -3.28. The van der Waals surface area contributed by atoms with Gasteiger partial charge in [-0.2, -0.15) is 0 Å². The fraction of sp³-hybridized carbons (Fsp3) is 0.238. The molecule has 0 radical (unpaired) electrons. The van der Waals surface area contributed by atoms with E-state index >= 15 is 0 Å².